The molecule has 1 saturated heterocycles. The third-order valence-corrected chi connectivity index (χ3v) is 5.71. The molecule has 0 aromatic carbocycles. The predicted octanol–water partition coefficient (Wildman–Crippen LogP) is 2.26. The van der Waals surface area contributed by atoms with Gasteiger partial charge in [0.05, 0.1) is 6.10 Å². The Labute approximate surface area is 134 Å². The Hall–Kier alpha value is -0.320. The Morgan fingerprint density at radius 3 is 2.57 bits per heavy atom. The fourth-order valence-electron chi connectivity index (χ4n) is 4.46. The highest BCUT2D eigenvalue weighted by Gasteiger charge is 2.57. The molecule has 21 heavy (non-hydrogen) atoms. The van der Waals surface area contributed by atoms with Gasteiger partial charge in [0.2, 0.25) is 5.91 Å². The number of halogens is 1. The summed E-state index contributed by atoms with van der Waals surface area (Å²) in [5, 5.41) is 6.68. The molecule has 0 bridgehead atoms. The molecule has 5 heteroatoms. The maximum Gasteiger partial charge on any atom is 0.223 e. The van der Waals surface area contributed by atoms with Gasteiger partial charge in [-0.15, -0.1) is 12.4 Å². The smallest absolute Gasteiger partial charge is 0.223 e. The molecule has 2 atom stereocenters. The number of rotatable bonds is 4. The summed E-state index contributed by atoms with van der Waals surface area (Å²) in [6.07, 6.45) is 8.43. The highest BCUT2D eigenvalue weighted by atomic mass is 35.5. The number of hydrogen-bond donors (Lipinski definition) is 2. The third-order valence-electron chi connectivity index (χ3n) is 5.71. The molecule has 3 rings (SSSR count). The molecule has 2 N–H and O–H groups in total. The quantitative estimate of drug-likeness (QED) is 0.836. The Balaban J connectivity index is 0.00000161. The third kappa shape index (κ3) is 3.22. The van der Waals surface area contributed by atoms with E-state index in [9.17, 15) is 4.79 Å². The highest BCUT2D eigenvalue weighted by molar-refractivity contribution is 5.85. The second kappa shape index (κ2) is 7.30. The molecule has 2 aliphatic carbocycles. The molecule has 1 spiro atoms. The number of hydrogen-bond acceptors (Lipinski definition) is 3. The zero-order valence-electron chi connectivity index (χ0n) is 13.0. The van der Waals surface area contributed by atoms with Crippen molar-refractivity contribution in [3.63, 3.8) is 0 Å². The molecule has 0 aromatic rings. The summed E-state index contributed by atoms with van der Waals surface area (Å²) in [4.78, 5) is 12.4. The molecule has 4 nitrogen and oxygen atoms in total. The van der Waals surface area contributed by atoms with Crippen LogP contribution >= 0.6 is 12.4 Å². The lowest BCUT2D eigenvalue weighted by Crippen LogP contribution is -2.64. The van der Waals surface area contributed by atoms with Gasteiger partial charge >= 0.3 is 0 Å². The minimum atomic E-state index is 0. The van der Waals surface area contributed by atoms with Gasteiger partial charge in [0.1, 0.15) is 0 Å². The van der Waals surface area contributed by atoms with Gasteiger partial charge in [0.25, 0.3) is 0 Å². The highest BCUT2D eigenvalue weighted by Crippen LogP contribution is 2.54. The first-order valence-corrected chi connectivity index (χ1v) is 8.39. The van der Waals surface area contributed by atoms with Crippen molar-refractivity contribution in [1.29, 1.82) is 0 Å². The molecule has 0 aromatic heterocycles. The summed E-state index contributed by atoms with van der Waals surface area (Å²) < 4.78 is 5.91. The van der Waals surface area contributed by atoms with Crippen molar-refractivity contribution < 1.29 is 9.53 Å². The van der Waals surface area contributed by atoms with Gasteiger partial charge < -0.3 is 15.4 Å². The lowest BCUT2D eigenvalue weighted by Gasteiger charge is -2.54. The monoisotopic (exact) mass is 316 g/mol. The number of carbonyl (C=O) groups excluding carboxylic acids is 1. The van der Waals surface area contributed by atoms with Gasteiger partial charge in [-0.3, -0.25) is 4.79 Å². The summed E-state index contributed by atoms with van der Waals surface area (Å²) >= 11 is 0. The number of carbonyl (C=O) groups is 1. The van der Waals surface area contributed by atoms with Gasteiger partial charge in [0.15, 0.2) is 0 Å². The molecule has 0 radical (unpaired) electrons. The molecule has 2 saturated carbocycles. The Bertz CT molecular complexity index is 352. The van der Waals surface area contributed by atoms with Crippen LogP contribution < -0.4 is 10.6 Å². The standard InChI is InChI=1S/C16H28N2O2.ClH/c1-2-20-14-11-13(16(14)7-3-4-8-16)18-15(19)12-5-9-17-10-6-12;/h12-14,17H,2-11H2,1H3,(H,18,19);1H. The van der Waals surface area contributed by atoms with Gasteiger partial charge in [0, 0.05) is 24.0 Å². The average Bonchev–Trinajstić information content (AvgIpc) is 2.99. The van der Waals surface area contributed by atoms with E-state index in [1.165, 1.54) is 25.7 Å². The van der Waals surface area contributed by atoms with E-state index < -0.39 is 0 Å². The normalized spacial score (nSPS) is 31.5. The molecule has 2 unspecified atom stereocenters. The lowest BCUT2D eigenvalue weighted by atomic mass is 9.60. The fourth-order valence-corrected chi connectivity index (χ4v) is 4.46. The zero-order chi connectivity index (χ0) is 14.0. The van der Waals surface area contributed by atoms with Gasteiger partial charge in [-0.05, 0) is 52.1 Å². The predicted molar refractivity (Wildman–Crippen MR) is 85.7 cm³/mol. The van der Waals surface area contributed by atoms with E-state index in [1.807, 2.05) is 0 Å². The maximum atomic E-state index is 12.4. The minimum absolute atomic E-state index is 0. The molecule has 1 amide bonds. The van der Waals surface area contributed by atoms with E-state index in [1.54, 1.807) is 0 Å². The molecule has 122 valence electrons. The van der Waals surface area contributed by atoms with Gasteiger partial charge in [-0.2, -0.15) is 0 Å². The molecular weight excluding hydrogens is 288 g/mol. The van der Waals surface area contributed by atoms with Crippen molar-refractivity contribution in [2.45, 2.75) is 64.0 Å². The molecule has 3 aliphatic rings. The van der Waals surface area contributed by atoms with Crippen LogP contribution in [0.5, 0.6) is 0 Å². The molecule has 1 heterocycles. The summed E-state index contributed by atoms with van der Waals surface area (Å²) in [7, 11) is 0. The number of ether oxygens (including phenoxy) is 1. The van der Waals surface area contributed by atoms with Crippen LogP contribution in [0.4, 0.5) is 0 Å². The SMILES string of the molecule is CCOC1CC(NC(=O)C2CCNCC2)C12CCCC2.Cl. The maximum absolute atomic E-state index is 12.4. The average molecular weight is 317 g/mol. The zero-order valence-corrected chi connectivity index (χ0v) is 13.8. The topological polar surface area (TPSA) is 50.4 Å². The van der Waals surface area contributed by atoms with E-state index >= 15 is 0 Å². The van der Waals surface area contributed by atoms with Crippen LogP contribution in [0.2, 0.25) is 0 Å². The second-order valence-corrected chi connectivity index (χ2v) is 6.71. The number of amides is 1. The van der Waals surface area contributed by atoms with Crippen molar-refractivity contribution >= 4 is 18.3 Å². The van der Waals surface area contributed by atoms with E-state index in [4.69, 9.17) is 4.74 Å². The number of piperidine rings is 1. The number of nitrogens with one attached hydrogen (secondary N) is 2. The fraction of sp³-hybridized carbons (Fsp3) is 0.938. The summed E-state index contributed by atoms with van der Waals surface area (Å²) in [6.45, 7) is 4.83. The Morgan fingerprint density at radius 2 is 1.95 bits per heavy atom. The van der Waals surface area contributed by atoms with Crippen molar-refractivity contribution in [3.8, 4) is 0 Å². The lowest BCUT2D eigenvalue weighted by molar-refractivity contribution is -0.147. The van der Waals surface area contributed by atoms with E-state index in [2.05, 4.69) is 17.6 Å². The van der Waals surface area contributed by atoms with E-state index in [0.717, 1.165) is 39.0 Å². The first-order chi connectivity index (χ1) is 9.76. The van der Waals surface area contributed by atoms with Crippen LogP contribution in [0.3, 0.4) is 0 Å². The minimum Gasteiger partial charge on any atom is -0.378 e. The Morgan fingerprint density at radius 1 is 1.29 bits per heavy atom. The van der Waals surface area contributed by atoms with Gasteiger partial charge in [-0.25, -0.2) is 0 Å². The first kappa shape index (κ1) is 17.0. The van der Waals surface area contributed by atoms with Gasteiger partial charge in [-0.1, -0.05) is 12.8 Å². The summed E-state index contributed by atoms with van der Waals surface area (Å²) in [6, 6.07) is 0.365. The van der Waals surface area contributed by atoms with Crippen molar-refractivity contribution in [3.05, 3.63) is 0 Å². The largest absolute Gasteiger partial charge is 0.378 e. The van der Waals surface area contributed by atoms with Crippen LogP contribution in [0.15, 0.2) is 0 Å². The van der Waals surface area contributed by atoms with E-state index in [-0.39, 0.29) is 29.6 Å². The Kier molecular flexibility index (Phi) is 5.92. The summed E-state index contributed by atoms with van der Waals surface area (Å²) in [5.41, 5.74) is 0.262. The van der Waals surface area contributed by atoms with Crippen LogP contribution in [-0.4, -0.2) is 37.7 Å². The molecule has 1 aliphatic heterocycles. The van der Waals surface area contributed by atoms with Crippen molar-refractivity contribution in [1.82, 2.24) is 10.6 Å². The van der Waals surface area contributed by atoms with Crippen molar-refractivity contribution in [2.75, 3.05) is 19.7 Å². The van der Waals surface area contributed by atoms with Crippen LogP contribution in [-0.2, 0) is 9.53 Å². The molecular formula is C16H29ClN2O2. The summed E-state index contributed by atoms with van der Waals surface area (Å²) in [5.74, 6) is 0.513. The second-order valence-electron chi connectivity index (χ2n) is 6.71. The van der Waals surface area contributed by atoms with Crippen LogP contribution in [0.1, 0.15) is 51.9 Å². The van der Waals surface area contributed by atoms with Crippen LogP contribution in [0, 0.1) is 11.3 Å². The first-order valence-electron chi connectivity index (χ1n) is 8.39. The van der Waals surface area contributed by atoms with Crippen LogP contribution in [0.25, 0.3) is 0 Å². The van der Waals surface area contributed by atoms with Crippen molar-refractivity contribution in [2.24, 2.45) is 11.3 Å². The molecule has 3 fully saturated rings. The van der Waals surface area contributed by atoms with E-state index in [0.29, 0.717) is 12.1 Å².